The zero-order chi connectivity index (χ0) is 14.5. The van der Waals surface area contributed by atoms with Crippen LogP contribution in [0.15, 0.2) is 30.5 Å². The van der Waals surface area contributed by atoms with E-state index in [1.54, 1.807) is 19.3 Å². The van der Waals surface area contributed by atoms with Crippen LogP contribution in [0.3, 0.4) is 0 Å². The van der Waals surface area contributed by atoms with Crippen molar-refractivity contribution in [3.63, 3.8) is 0 Å². The first-order valence-electron chi connectivity index (χ1n) is 6.04. The van der Waals surface area contributed by atoms with Crippen LogP contribution in [-0.2, 0) is 6.54 Å². The minimum Gasteiger partial charge on any atom is -0.357 e. The summed E-state index contributed by atoms with van der Waals surface area (Å²) >= 11 is 6.13. The number of anilines is 2. The van der Waals surface area contributed by atoms with Gasteiger partial charge in [0.2, 0.25) is 5.95 Å². The number of nitriles is 1. The smallest absolute Gasteiger partial charge is 0.224 e. The third-order valence-corrected chi connectivity index (χ3v) is 3.05. The normalized spacial score (nSPS) is 9.90. The second-order valence-corrected chi connectivity index (χ2v) is 4.69. The number of halogens is 1. The molecule has 0 saturated carbocycles. The average molecular weight is 288 g/mol. The molecule has 0 bridgehead atoms. The molecule has 0 spiro atoms. The average Bonchev–Trinajstić information content (AvgIpc) is 2.47. The second kappa shape index (κ2) is 6.22. The Hall–Kier alpha value is -2.32. The number of rotatable bonds is 4. The highest BCUT2D eigenvalue weighted by atomic mass is 35.5. The molecule has 0 aliphatic heterocycles. The monoisotopic (exact) mass is 287 g/mol. The van der Waals surface area contributed by atoms with Crippen LogP contribution in [0.5, 0.6) is 0 Å². The lowest BCUT2D eigenvalue weighted by atomic mass is 10.1. The minimum absolute atomic E-state index is 0.489. The van der Waals surface area contributed by atoms with Gasteiger partial charge in [-0.05, 0) is 17.7 Å². The van der Waals surface area contributed by atoms with Crippen molar-refractivity contribution < 1.29 is 0 Å². The van der Waals surface area contributed by atoms with E-state index >= 15 is 0 Å². The number of benzene rings is 1. The van der Waals surface area contributed by atoms with Crippen molar-refractivity contribution in [2.75, 3.05) is 24.3 Å². The molecule has 102 valence electrons. The lowest BCUT2D eigenvalue weighted by Gasteiger charge is -2.19. The summed E-state index contributed by atoms with van der Waals surface area (Å²) in [5.74, 6) is 1.16. The van der Waals surface area contributed by atoms with Crippen LogP contribution in [0.2, 0.25) is 5.02 Å². The summed E-state index contributed by atoms with van der Waals surface area (Å²) in [4.78, 5) is 10.3. The van der Waals surface area contributed by atoms with Gasteiger partial charge in [-0.3, -0.25) is 0 Å². The van der Waals surface area contributed by atoms with E-state index in [0.717, 1.165) is 5.56 Å². The number of hydrogen-bond donors (Lipinski definition) is 1. The molecule has 0 atom stereocenters. The van der Waals surface area contributed by atoms with E-state index < -0.39 is 0 Å². The molecule has 2 aromatic rings. The number of nitrogens with zero attached hydrogens (tertiary/aromatic N) is 4. The molecule has 0 fully saturated rings. The summed E-state index contributed by atoms with van der Waals surface area (Å²) in [6.45, 7) is 0.607. The van der Waals surface area contributed by atoms with Crippen molar-refractivity contribution in [1.82, 2.24) is 9.97 Å². The molecule has 2 rings (SSSR count). The molecule has 0 aliphatic rings. The van der Waals surface area contributed by atoms with Crippen molar-refractivity contribution in [2.45, 2.75) is 6.54 Å². The molecule has 6 heteroatoms. The van der Waals surface area contributed by atoms with Gasteiger partial charge in [-0.1, -0.05) is 23.7 Å². The first-order valence-corrected chi connectivity index (χ1v) is 6.42. The maximum Gasteiger partial charge on any atom is 0.224 e. The Labute approximate surface area is 122 Å². The molecule has 20 heavy (non-hydrogen) atoms. The van der Waals surface area contributed by atoms with Gasteiger partial charge in [0, 0.05) is 20.6 Å². The van der Waals surface area contributed by atoms with E-state index in [-0.39, 0.29) is 0 Å². The van der Waals surface area contributed by atoms with Crippen LogP contribution < -0.4 is 10.2 Å². The summed E-state index contributed by atoms with van der Waals surface area (Å²) in [6.07, 6.45) is 1.57. The summed E-state index contributed by atoms with van der Waals surface area (Å²) in [5.41, 5.74) is 1.66. The zero-order valence-electron chi connectivity index (χ0n) is 11.3. The van der Waals surface area contributed by atoms with Gasteiger partial charge in [-0.25, -0.2) is 4.98 Å². The van der Waals surface area contributed by atoms with Gasteiger partial charge in [-0.15, -0.1) is 0 Å². The Kier molecular flexibility index (Phi) is 4.38. The van der Waals surface area contributed by atoms with E-state index in [2.05, 4.69) is 21.4 Å². The van der Waals surface area contributed by atoms with Crippen molar-refractivity contribution in [3.8, 4) is 6.07 Å². The van der Waals surface area contributed by atoms with Gasteiger partial charge in [0.25, 0.3) is 0 Å². The van der Waals surface area contributed by atoms with Gasteiger partial charge in [0.05, 0.1) is 17.8 Å². The van der Waals surface area contributed by atoms with Gasteiger partial charge in [0.15, 0.2) is 5.82 Å². The molecule has 0 radical (unpaired) electrons. The molecule has 1 aromatic carbocycles. The molecule has 1 heterocycles. The van der Waals surface area contributed by atoms with Crippen molar-refractivity contribution >= 4 is 23.4 Å². The highest BCUT2D eigenvalue weighted by Gasteiger charge is 2.10. The Morgan fingerprint density at radius 2 is 2.25 bits per heavy atom. The lowest BCUT2D eigenvalue weighted by molar-refractivity contribution is 0.892. The first kappa shape index (κ1) is 14.1. The van der Waals surface area contributed by atoms with Gasteiger partial charge in [-0.2, -0.15) is 10.2 Å². The quantitative estimate of drug-likeness (QED) is 0.936. The van der Waals surface area contributed by atoms with Crippen molar-refractivity contribution in [3.05, 3.63) is 46.6 Å². The van der Waals surface area contributed by atoms with E-state index in [1.165, 1.54) is 0 Å². The minimum atomic E-state index is 0.489. The molecule has 0 saturated heterocycles. The van der Waals surface area contributed by atoms with Gasteiger partial charge in [0.1, 0.15) is 5.02 Å². The largest absolute Gasteiger partial charge is 0.357 e. The molecule has 5 nitrogen and oxygen atoms in total. The highest BCUT2D eigenvalue weighted by Crippen LogP contribution is 2.24. The van der Waals surface area contributed by atoms with Crippen LogP contribution in [-0.4, -0.2) is 24.1 Å². The Bertz CT molecular complexity index is 650. The van der Waals surface area contributed by atoms with Crippen LogP contribution in [0, 0.1) is 11.3 Å². The SMILES string of the molecule is CNc1ncc(Cl)c(N(C)Cc2cccc(C#N)c2)n1. The molecule has 0 unspecified atom stereocenters. The number of hydrogen-bond acceptors (Lipinski definition) is 5. The molecule has 0 aliphatic carbocycles. The Morgan fingerprint density at radius 1 is 1.45 bits per heavy atom. The van der Waals surface area contributed by atoms with E-state index in [4.69, 9.17) is 16.9 Å². The number of nitrogens with one attached hydrogen (secondary N) is 1. The third-order valence-electron chi connectivity index (χ3n) is 2.79. The van der Waals surface area contributed by atoms with Gasteiger partial charge >= 0.3 is 0 Å². The maximum absolute atomic E-state index is 8.91. The molecule has 0 amide bonds. The highest BCUT2D eigenvalue weighted by molar-refractivity contribution is 6.32. The van der Waals surface area contributed by atoms with Crippen molar-refractivity contribution in [1.29, 1.82) is 5.26 Å². The van der Waals surface area contributed by atoms with Gasteiger partial charge < -0.3 is 10.2 Å². The topological polar surface area (TPSA) is 64.8 Å². The number of aromatic nitrogens is 2. The fraction of sp³-hybridized carbons (Fsp3) is 0.214. The molecule has 1 aromatic heterocycles. The van der Waals surface area contributed by atoms with E-state index in [1.807, 2.05) is 30.1 Å². The third kappa shape index (κ3) is 3.16. The fourth-order valence-corrected chi connectivity index (χ4v) is 2.07. The standard InChI is InChI=1S/C14H14ClN5/c1-17-14-18-8-12(15)13(19-14)20(2)9-11-5-3-4-10(6-11)7-16/h3-6,8H,9H2,1-2H3,(H,17,18,19). The Morgan fingerprint density at radius 3 is 2.95 bits per heavy atom. The van der Waals surface area contributed by atoms with Crippen LogP contribution in [0.4, 0.5) is 11.8 Å². The summed E-state index contributed by atoms with van der Waals surface area (Å²) in [7, 11) is 3.65. The Balaban J connectivity index is 2.23. The molecule has 1 N–H and O–H groups in total. The van der Waals surface area contributed by atoms with Crippen molar-refractivity contribution in [2.24, 2.45) is 0 Å². The first-order chi connectivity index (χ1) is 9.63. The lowest BCUT2D eigenvalue weighted by Crippen LogP contribution is -2.19. The predicted octanol–water partition coefficient (Wildman–Crippen LogP) is 2.68. The predicted molar refractivity (Wildman–Crippen MR) is 79.9 cm³/mol. The van der Waals surface area contributed by atoms with Crippen LogP contribution in [0.1, 0.15) is 11.1 Å². The van der Waals surface area contributed by atoms with Crippen LogP contribution in [0.25, 0.3) is 0 Å². The molecular formula is C14H14ClN5. The van der Waals surface area contributed by atoms with E-state index in [9.17, 15) is 0 Å². The molecular weight excluding hydrogens is 274 g/mol. The maximum atomic E-state index is 8.91. The van der Waals surface area contributed by atoms with E-state index in [0.29, 0.717) is 28.9 Å². The summed E-state index contributed by atoms with van der Waals surface area (Å²) in [5, 5.41) is 12.3. The summed E-state index contributed by atoms with van der Waals surface area (Å²) in [6, 6.07) is 9.59. The van der Waals surface area contributed by atoms with Crippen LogP contribution >= 0.6 is 11.6 Å². The fourth-order valence-electron chi connectivity index (χ4n) is 1.83. The second-order valence-electron chi connectivity index (χ2n) is 4.28. The zero-order valence-corrected chi connectivity index (χ0v) is 12.0. The summed E-state index contributed by atoms with van der Waals surface area (Å²) < 4.78 is 0.